The number of benzene rings is 4. The first kappa shape index (κ1) is 35.6. The third-order valence-electron chi connectivity index (χ3n) is 6.90. The van der Waals surface area contributed by atoms with E-state index in [9.17, 15) is 18.0 Å². The smallest absolute Gasteiger partial charge is 0.264 e. The number of hydrogen-bond acceptors (Lipinski definition) is 4. The average molecular weight is 722 g/mol. The molecule has 1 N–H and O–H groups in total. The number of hydrogen-bond donors (Lipinski definition) is 1. The monoisotopic (exact) mass is 719 g/mol. The van der Waals surface area contributed by atoms with Crippen LogP contribution >= 0.6 is 46.4 Å². The molecule has 0 aliphatic carbocycles. The molecule has 4 aromatic carbocycles. The summed E-state index contributed by atoms with van der Waals surface area (Å²) in [5, 5.41) is 4.31. The number of rotatable bonds is 11. The third-order valence-corrected chi connectivity index (χ3v) is 9.76. The zero-order chi connectivity index (χ0) is 33.6. The van der Waals surface area contributed by atoms with Crippen molar-refractivity contribution in [3.05, 3.63) is 128 Å². The quantitative estimate of drug-likeness (QED) is 0.170. The first-order valence-electron chi connectivity index (χ1n) is 14.3. The predicted molar refractivity (Wildman–Crippen MR) is 186 cm³/mol. The Bertz CT molecular complexity index is 1800. The molecule has 0 aromatic heterocycles. The number of anilines is 1. The van der Waals surface area contributed by atoms with E-state index in [1.54, 1.807) is 36.4 Å². The summed E-state index contributed by atoms with van der Waals surface area (Å²) >= 11 is 25.0. The van der Waals surface area contributed by atoms with Crippen LogP contribution in [0.15, 0.2) is 102 Å². The van der Waals surface area contributed by atoms with Crippen molar-refractivity contribution in [3.63, 3.8) is 0 Å². The number of halogens is 4. The van der Waals surface area contributed by atoms with Gasteiger partial charge in [0.05, 0.1) is 10.6 Å². The van der Waals surface area contributed by atoms with Crippen LogP contribution in [0.2, 0.25) is 20.1 Å². The minimum Gasteiger partial charge on any atom is -0.350 e. The van der Waals surface area contributed by atoms with Gasteiger partial charge in [-0.25, -0.2) is 8.42 Å². The normalized spacial score (nSPS) is 12.3. The van der Waals surface area contributed by atoms with E-state index in [2.05, 4.69) is 5.32 Å². The lowest BCUT2D eigenvalue weighted by molar-refractivity contribution is -0.140. The number of nitrogens with one attached hydrogen (secondary N) is 1. The van der Waals surface area contributed by atoms with Crippen molar-refractivity contribution in [1.29, 1.82) is 0 Å². The molecule has 0 spiro atoms. The maximum absolute atomic E-state index is 14.5. The van der Waals surface area contributed by atoms with E-state index in [4.69, 9.17) is 46.4 Å². The summed E-state index contributed by atoms with van der Waals surface area (Å²) in [7, 11) is -4.31. The van der Waals surface area contributed by atoms with E-state index >= 15 is 0 Å². The fourth-order valence-electron chi connectivity index (χ4n) is 4.73. The summed E-state index contributed by atoms with van der Waals surface area (Å²) in [5.41, 5.74) is 0.871. The molecular weight excluding hydrogens is 688 g/mol. The van der Waals surface area contributed by atoms with Crippen molar-refractivity contribution < 1.29 is 18.0 Å². The maximum atomic E-state index is 14.5. The lowest BCUT2D eigenvalue weighted by Crippen LogP contribution is -2.56. The molecule has 4 aromatic rings. The molecule has 0 saturated carbocycles. The van der Waals surface area contributed by atoms with Crippen LogP contribution in [-0.4, -0.2) is 43.3 Å². The second-order valence-corrected chi connectivity index (χ2v) is 15.2. The molecule has 46 heavy (non-hydrogen) atoms. The van der Waals surface area contributed by atoms with Crippen molar-refractivity contribution in [1.82, 2.24) is 10.2 Å². The highest BCUT2D eigenvalue weighted by atomic mass is 35.5. The summed E-state index contributed by atoms with van der Waals surface area (Å²) in [6.07, 6.45) is 0.154. The van der Waals surface area contributed by atoms with E-state index in [1.165, 1.54) is 35.2 Å². The summed E-state index contributed by atoms with van der Waals surface area (Å²) in [6, 6.07) is 24.9. The molecule has 0 heterocycles. The third kappa shape index (κ3) is 9.39. The lowest BCUT2D eigenvalue weighted by atomic mass is 10.0. The van der Waals surface area contributed by atoms with Crippen LogP contribution in [0.4, 0.5) is 5.69 Å². The lowest BCUT2D eigenvalue weighted by Gasteiger charge is -2.35. The summed E-state index contributed by atoms with van der Waals surface area (Å²) in [4.78, 5) is 29.8. The van der Waals surface area contributed by atoms with Crippen LogP contribution in [0.3, 0.4) is 0 Å². The fourth-order valence-corrected chi connectivity index (χ4v) is 6.92. The fraction of sp³-hybridized carbons (Fsp3) is 0.235. The average Bonchev–Trinajstić information content (AvgIpc) is 2.98. The molecule has 0 saturated heterocycles. The second kappa shape index (κ2) is 15.1. The first-order valence-corrected chi connectivity index (χ1v) is 17.2. The van der Waals surface area contributed by atoms with E-state index in [0.717, 1.165) is 9.87 Å². The molecule has 4 rings (SSSR count). The number of nitrogens with zero attached hydrogens (tertiary/aromatic N) is 2. The molecule has 0 bridgehead atoms. The summed E-state index contributed by atoms with van der Waals surface area (Å²) in [6.45, 7) is 4.77. The molecule has 0 fully saturated rings. The Balaban J connectivity index is 1.84. The van der Waals surface area contributed by atoms with Gasteiger partial charge in [-0.15, -0.1) is 0 Å². The molecule has 1 atom stereocenters. The zero-order valence-corrected chi connectivity index (χ0v) is 29.2. The highest BCUT2D eigenvalue weighted by Crippen LogP contribution is 2.29. The Morgan fingerprint density at radius 1 is 0.783 bits per heavy atom. The number of sulfonamides is 1. The molecule has 7 nitrogen and oxygen atoms in total. The predicted octanol–water partition coefficient (Wildman–Crippen LogP) is 8.05. The molecule has 0 radical (unpaired) electrons. The largest absolute Gasteiger partial charge is 0.350 e. The highest BCUT2D eigenvalue weighted by molar-refractivity contribution is 7.92. The van der Waals surface area contributed by atoms with Crippen LogP contribution in [0.25, 0.3) is 0 Å². The van der Waals surface area contributed by atoms with E-state index in [1.807, 2.05) is 51.1 Å². The molecule has 0 unspecified atom stereocenters. The van der Waals surface area contributed by atoms with Gasteiger partial charge >= 0.3 is 0 Å². The molecule has 242 valence electrons. The van der Waals surface area contributed by atoms with Gasteiger partial charge in [0.1, 0.15) is 12.6 Å². The number of carbonyl (C=O) groups is 2. The van der Waals surface area contributed by atoms with Crippen molar-refractivity contribution in [3.8, 4) is 0 Å². The minimum atomic E-state index is -4.31. The number of amides is 2. The van der Waals surface area contributed by atoms with E-state index in [-0.39, 0.29) is 28.6 Å². The van der Waals surface area contributed by atoms with Gasteiger partial charge in [-0.3, -0.25) is 13.9 Å². The molecular formula is C34H33Cl4N3O4S. The van der Waals surface area contributed by atoms with Crippen LogP contribution in [0.1, 0.15) is 31.9 Å². The minimum absolute atomic E-state index is 0.0803. The van der Waals surface area contributed by atoms with Gasteiger partial charge in [0, 0.05) is 38.6 Å². The first-order chi connectivity index (χ1) is 21.6. The second-order valence-electron chi connectivity index (χ2n) is 11.6. The zero-order valence-electron chi connectivity index (χ0n) is 25.4. The van der Waals surface area contributed by atoms with Gasteiger partial charge in [0.15, 0.2) is 0 Å². The van der Waals surface area contributed by atoms with Gasteiger partial charge < -0.3 is 10.2 Å². The van der Waals surface area contributed by atoms with Crippen LogP contribution in [-0.2, 0) is 32.6 Å². The van der Waals surface area contributed by atoms with Crippen molar-refractivity contribution >= 4 is 73.9 Å². The Labute approximate surface area is 290 Å². The number of carbonyl (C=O) groups excluding carboxylic acids is 2. The van der Waals surface area contributed by atoms with Crippen LogP contribution < -0.4 is 9.62 Å². The Kier molecular flexibility index (Phi) is 11.7. The van der Waals surface area contributed by atoms with Crippen LogP contribution in [0, 0.1) is 0 Å². The Hall–Kier alpha value is -3.27. The van der Waals surface area contributed by atoms with Crippen molar-refractivity contribution in [2.45, 2.75) is 50.2 Å². The highest BCUT2D eigenvalue weighted by Gasteiger charge is 2.36. The van der Waals surface area contributed by atoms with Gasteiger partial charge in [0.25, 0.3) is 10.0 Å². The van der Waals surface area contributed by atoms with E-state index < -0.39 is 40.0 Å². The van der Waals surface area contributed by atoms with Gasteiger partial charge in [0.2, 0.25) is 11.8 Å². The molecule has 2 amide bonds. The maximum Gasteiger partial charge on any atom is 0.264 e. The summed E-state index contributed by atoms with van der Waals surface area (Å²) < 4.78 is 29.2. The van der Waals surface area contributed by atoms with Crippen molar-refractivity contribution in [2.24, 2.45) is 0 Å². The van der Waals surface area contributed by atoms with Gasteiger partial charge in [-0.05, 0) is 86.5 Å². The van der Waals surface area contributed by atoms with Gasteiger partial charge in [-0.1, -0.05) is 88.9 Å². The van der Waals surface area contributed by atoms with E-state index in [0.29, 0.717) is 20.6 Å². The van der Waals surface area contributed by atoms with Gasteiger partial charge in [-0.2, -0.15) is 0 Å². The summed E-state index contributed by atoms with van der Waals surface area (Å²) in [5.74, 6) is -1.06. The molecule has 12 heteroatoms. The Morgan fingerprint density at radius 3 is 2.02 bits per heavy atom. The Morgan fingerprint density at radius 2 is 1.41 bits per heavy atom. The standard InChI is InChI=1S/C34H33Cl4N3O4S/c1-34(2,3)39-33(43)31(18-23-8-5-4-6-9-23)40(21-24-12-13-27(37)20-30(24)38)32(42)22-41(28-11-7-10-26(36)19-28)46(44,45)29-16-14-25(35)15-17-29/h4-17,19-20,31H,18,21-22H2,1-3H3,(H,39,43)/t31-/m0/s1. The molecule has 0 aliphatic heterocycles. The molecule has 0 aliphatic rings. The topological polar surface area (TPSA) is 86.8 Å². The SMILES string of the molecule is CC(C)(C)NC(=O)[C@H](Cc1ccccc1)N(Cc1ccc(Cl)cc1Cl)C(=O)CN(c1cccc(Cl)c1)S(=O)(=O)c1ccc(Cl)cc1. The van der Waals surface area contributed by atoms with Crippen LogP contribution in [0.5, 0.6) is 0 Å². The van der Waals surface area contributed by atoms with Crippen molar-refractivity contribution in [2.75, 3.05) is 10.8 Å².